The second kappa shape index (κ2) is 10.6. The molecule has 1 rings (SSSR count). The van der Waals surface area contributed by atoms with Crippen LogP contribution < -0.4 is 20.1 Å². The van der Waals surface area contributed by atoms with E-state index in [0.717, 1.165) is 48.0 Å². The van der Waals surface area contributed by atoms with Crippen LogP contribution >= 0.6 is 0 Å². The van der Waals surface area contributed by atoms with Gasteiger partial charge in [-0.15, -0.1) is 6.58 Å². The van der Waals surface area contributed by atoms with Gasteiger partial charge in [-0.05, 0) is 44.4 Å². The summed E-state index contributed by atoms with van der Waals surface area (Å²) >= 11 is 0. The molecular formula is C19H31N3O2. The minimum absolute atomic E-state index is 0.379. The lowest BCUT2D eigenvalue weighted by atomic mass is 10.1. The zero-order chi connectivity index (χ0) is 17.9. The van der Waals surface area contributed by atoms with E-state index in [1.165, 1.54) is 0 Å². The highest BCUT2D eigenvalue weighted by atomic mass is 16.5. The molecule has 0 saturated heterocycles. The van der Waals surface area contributed by atoms with Gasteiger partial charge in [-0.25, -0.2) is 4.99 Å². The molecule has 0 radical (unpaired) electrons. The molecule has 24 heavy (non-hydrogen) atoms. The van der Waals surface area contributed by atoms with Crippen LogP contribution in [0.3, 0.4) is 0 Å². The highest BCUT2D eigenvalue weighted by Crippen LogP contribution is 2.33. The zero-order valence-corrected chi connectivity index (χ0v) is 15.6. The van der Waals surface area contributed by atoms with Gasteiger partial charge in [-0.2, -0.15) is 0 Å². The zero-order valence-electron chi connectivity index (χ0n) is 15.6. The van der Waals surface area contributed by atoms with E-state index in [9.17, 15) is 0 Å². The topological polar surface area (TPSA) is 54.9 Å². The molecule has 0 heterocycles. The molecule has 1 unspecified atom stereocenters. The molecule has 5 nitrogen and oxygen atoms in total. The van der Waals surface area contributed by atoms with E-state index < -0.39 is 0 Å². The average Bonchev–Trinajstić information content (AvgIpc) is 2.59. The van der Waals surface area contributed by atoms with Crippen molar-refractivity contribution in [3.05, 3.63) is 35.9 Å². The van der Waals surface area contributed by atoms with Crippen LogP contribution in [0.4, 0.5) is 0 Å². The van der Waals surface area contributed by atoms with Crippen LogP contribution in [0.5, 0.6) is 11.5 Å². The third-order valence-corrected chi connectivity index (χ3v) is 3.74. The van der Waals surface area contributed by atoms with Crippen LogP contribution in [0.2, 0.25) is 0 Å². The van der Waals surface area contributed by atoms with E-state index in [1.807, 2.05) is 12.1 Å². The van der Waals surface area contributed by atoms with Crippen molar-refractivity contribution in [3.63, 3.8) is 0 Å². The maximum absolute atomic E-state index is 5.47. The van der Waals surface area contributed by atoms with Crippen LogP contribution in [-0.2, 0) is 13.0 Å². The normalized spacial score (nSPS) is 12.5. The van der Waals surface area contributed by atoms with E-state index in [2.05, 4.69) is 49.0 Å². The molecule has 0 spiro atoms. The molecule has 1 atom stereocenters. The number of hydrogen-bond acceptors (Lipinski definition) is 3. The molecule has 1 aromatic carbocycles. The predicted octanol–water partition coefficient (Wildman–Crippen LogP) is 3.29. The van der Waals surface area contributed by atoms with Crippen LogP contribution in [0.15, 0.2) is 29.8 Å². The molecule has 0 saturated carbocycles. The van der Waals surface area contributed by atoms with Gasteiger partial charge in [-0.3, -0.25) is 0 Å². The molecule has 0 bridgehead atoms. The Balaban J connectivity index is 3.05. The molecule has 0 aliphatic rings. The largest absolute Gasteiger partial charge is 0.493 e. The number of rotatable bonds is 9. The standard InChI is InChI=1S/C19H31N3O2/c1-7-10-16-11-15(12-17(23-5)18(16)24-6)13-21-19(20-9-3)22-14(4)8-2/h7,11-12,14H,1,8-10,13H2,2-6H3,(H2,20,21,22). The monoisotopic (exact) mass is 333 g/mol. The Morgan fingerprint density at radius 3 is 2.58 bits per heavy atom. The van der Waals surface area contributed by atoms with Gasteiger partial charge in [0.25, 0.3) is 0 Å². The highest BCUT2D eigenvalue weighted by molar-refractivity contribution is 5.80. The van der Waals surface area contributed by atoms with E-state index in [-0.39, 0.29) is 0 Å². The number of nitrogens with zero attached hydrogens (tertiary/aromatic N) is 1. The smallest absolute Gasteiger partial charge is 0.191 e. The van der Waals surface area contributed by atoms with Crippen molar-refractivity contribution in [1.29, 1.82) is 0 Å². The van der Waals surface area contributed by atoms with Gasteiger partial charge in [0.15, 0.2) is 17.5 Å². The Morgan fingerprint density at radius 2 is 2.04 bits per heavy atom. The molecule has 0 aliphatic carbocycles. The summed E-state index contributed by atoms with van der Waals surface area (Å²) in [6.07, 6.45) is 3.63. The number of allylic oxidation sites excluding steroid dienone is 1. The fourth-order valence-corrected chi connectivity index (χ4v) is 2.33. The van der Waals surface area contributed by atoms with Crippen molar-refractivity contribution in [2.24, 2.45) is 4.99 Å². The van der Waals surface area contributed by atoms with Gasteiger partial charge in [-0.1, -0.05) is 13.0 Å². The van der Waals surface area contributed by atoms with Gasteiger partial charge in [0.2, 0.25) is 0 Å². The first-order valence-electron chi connectivity index (χ1n) is 8.48. The van der Waals surface area contributed by atoms with Crippen molar-refractivity contribution in [2.45, 2.75) is 46.2 Å². The molecule has 0 aromatic heterocycles. The number of methoxy groups -OCH3 is 2. The van der Waals surface area contributed by atoms with Crippen LogP contribution in [0, 0.1) is 0 Å². The van der Waals surface area contributed by atoms with Crippen LogP contribution in [0.25, 0.3) is 0 Å². The minimum Gasteiger partial charge on any atom is -0.493 e. The molecule has 134 valence electrons. The summed E-state index contributed by atoms with van der Waals surface area (Å²) < 4.78 is 10.9. The van der Waals surface area contributed by atoms with Gasteiger partial charge in [0.05, 0.1) is 20.8 Å². The van der Waals surface area contributed by atoms with E-state index in [1.54, 1.807) is 14.2 Å². The summed E-state index contributed by atoms with van der Waals surface area (Å²) in [6, 6.07) is 4.45. The maximum atomic E-state index is 5.47. The lowest BCUT2D eigenvalue weighted by molar-refractivity contribution is 0.352. The molecule has 0 amide bonds. The number of nitrogens with one attached hydrogen (secondary N) is 2. The second-order valence-corrected chi connectivity index (χ2v) is 5.63. The number of hydrogen-bond donors (Lipinski definition) is 2. The van der Waals surface area contributed by atoms with Crippen molar-refractivity contribution < 1.29 is 9.47 Å². The predicted molar refractivity (Wildman–Crippen MR) is 101 cm³/mol. The number of guanidine groups is 1. The fraction of sp³-hybridized carbons (Fsp3) is 0.526. The maximum Gasteiger partial charge on any atom is 0.191 e. The first-order chi connectivity index (χ1) is 11.6. The van der Waals surface area contributed by atoms with Crippen molar-refractivity contribution in [3.8, 4) is 11.5 Å². The summed E-state index contributed by atoms with van der Waals surface area (Å²) in [5.74, 6) is 2.31. The Morgan fingerprint density at radius 1 is 1.29 bits per heavy atom. The lowest BCUT2D eigenvalue weighted by Gasteiger charge is -2.17. The van der Waals surface area contributed by atoms with E-state index in [4.69, 9.17) is 9.47 Å². The second-order valence-electron chi connectivity index (χ2n) is 5.63. The summed E-state index contributed by atoms with van der Waals surface area (Å²) in [7, 11) is 3.30. The van der Waals surface area contributed by atoms with Gasteiger partial charge in [0.1, 0.15) is 0 Å². The van der Waals surface area contributed by atoms with Crippen molar-refractivity contribution in [2.75, 3.05) is 20.8 Å². The van der Waals surface area contributed by atoms with E-state index >= 15 is 0 Å². The van der Waals surface area contributed by atoms with Gasteiger partial charge >= 0.3 is 0 Å². The van der Waals surface area contributed by atoms with Gasteiger partial charge in [0, 0.05) is 18.2 Å². The Kier molecular flexibility index (Phi) is 8.76. The highest BCUT2D eigenvalue weighted by Gasteiger charge is 2.12. The third-order valence-electron chi connectivity index (χ3n) is 3.74. The first kappa shape index (κ1) is 19.9. The summed E-state index contributed by atoms with van der Waals surface area (Å²) in [6.45, 7) is 11.6. The summed E-state index contributed by atoms with van der Waals surface area (Å²) in [4.78, 5) is 4.68. The first-order valence-corrected chi connectivity index (χ1v) is 8.48. The summed E-state index contributed by atoms with van der Waals surface area (Å²) in [5.41, 5.74) is 2.13. The minimum atomic E-state index is 0.379. The van der Waals surface area contributed by atoms with E-state index in [0.29, 0.717) is 12.6 Å². The van der Waals surface area contributed by atoms with Crippen LogP contribution in [0.1, 0.15) is 38.3 Å². The Hall–Kier alpha value is -2.17. The van der Waals surface area contributed by atoms with Crippen molar-refractivity contribution >= 4 is 5.96 Å². The molecular weight excluding hydrogens is 302 g/mol. The molecule has 0 aliphatic heterocycles. The Labute approximate surface area is 146 Å². The number of aliphatic imine (C=N–C) groups is 1. The molecule has 1 aromatic rings. The molecule has 2 N–H and O–H groups in total. The SMILES string of the molecule is C=CCc1cc(CN=C(NCC)NC(C)CC)cc(OC)c1OC. The number of benzene rings is 1. The molecule has 0 fully saturated rings. The van der Waals surface area contributed by atoms with Crippen LogP contribution in [-0.4, -0.2) is 32.8 Å². The van der Waals surface area contributed by atoms with Gasteiger partial charge < -0.3 is 20.1 Å². The fourth-order valence-electron chi connectivity index (χ4n) is 2.33. The third kappa shape index (κ3) is 5.80. The van der Waals surface area contributed by atoms with Crippen molar-refractivity contribution in [1.82, 2.24) is 10.6 Å². The molecule has 5 heteroatoms. The average molecular weight is 333 g/mol. The summed E-state index contributed by atoms with van der Waals surface area (Å²) in [5, 5.41) is 6.67. The lowest BCUT2D eigenvalue weighted by Crippen LogP contribution is -2.41. The Bertz CT molecular complexity index is 556. The quantitative estimate of drug-likeness (QED) is 0.414. The number of ether oxygens (including phenoxy) is 2.